The van der Waals surface area contributed by atoms with Gasteiger partial charge in [-0.05, 0) is 43.4 Å². The fourth-order valence-electron chi connectivity index (χ4n) is 4.58. The molecule has 5 rings (SSSR count). The number of rotatable bonds is 7. The van der Waals surface area contributed by atoms with E-state index in [1.807, 2.05) is 24.3 Å². The Morgan fingerprint density at radius 1 is 1.29 bits per heavy atom. The number of amides is 1. The number of anilines is 1. The minimum Gasteiger partial charge on any atom is -0.490 e. The number of hydrogen-bond donors (Lipinski definition) is 4. The van der Waals surface area contributed by atoms with Crippen LogP contribution in [0.15, 0.2) is 36.9 Å². The van der Waals surface area contributed by atoms with Gasteiger partial charge >= 0.3 is 0 Å². The van der Waals surface area contributed by atoms with E-state index in [0.717, 1.165) is 24.2 Å². The fourth-order valence-corrected chi connectivity index (χ4v) is 4.58. The highest BCUT2D eigenvalue weighted by molar-refractivity contribution is 5.83. The van der Waals surface area contributed by atoms with Crippen molar-refractivity contribution in [1.82, 2.24) is 24.8 Å². The van der Waals surface area contributed by atoms with Gasteiger partial charge < -0.3 is 30.9 Å². The third-order valence-electron chi connectivity index (χ3n) is 6.42. The summed E-state index contributed by atoms with van der Waals surface area (Å²) >= 11 is 0. The maximum absolute atomic E-state index is 12.0. The van der Waals surface area contributed by atoms with Crippen LogP contribution in [0.3, 0.4) is 0 Å². The number of fused-ring (bicyclic) bond motifs is 1. The number of nitrogens with two attached hydrogens (primary N) is 1. The Morgan fingerprint density at radius 3 is 2.91 bits per heavy atom. The second-order valence-electron chi connectivity index (χ2n) is 8.70. The number of aliphatic hydroxyl groups is 1. The molecule has 180 valence electrons. The van der Waals surface area contributed by atoms with Crippen LogP contribution < -0.4 is 21.1 Å². The van der Waals surface area contributed by atoms with Gasteiger partial charge in [-0.15, -0.1) is 0 Å². The van der Waals surface area contributed by atoms with E-state index in [-0.39, 0.29) is 0 Å². The molecule has 1 saturated carbocycles. The molecule has 1 aliphatic carbocycles. The average molecular weight is 468 g/mol. The standard InChI is InChI=1S/C23H29N7O4/c1-25-22(32)19-16(24)18(31)23(34-19)30-12-29-17-20(27-11-28-21(17)30)26-10-13-5-4-8-15(9-13)33-14-6-2-3-7-14/h4-5,8-9,11-12,14,16,18-19,23,31H,2-3,6-7,10,24H2,1H3,(H,25,32)(H,26,27,28)/t16-,18+,19-,23+/m0/s1. The molecule has 34 heavy (non-hydrogen) atoms. The van der Waals surface area contributed by atoms with Crippen LogP contribution in [-0.4, -0.2) is 61.9 Å². The molecule has 1 amide bonds. The van der Waals surface area contributed by atoms with E-state index < -0.39 is 30.4 Å². The molecule has 1 aromatic carbocycles. The number of imidazole rings is 1. The highest BCUT2D eigenvalue weighted by atomic mass is 16.5. The highest BCUT2D eigenvalue weighted by Crippen LogP contribution is 2.32. The zero-order valence-corrected chi connectivity index (χ0v) is 18.9. The molecule has 2 aromatic heterocycles. The van der Waals surface area contributed by atoms with Gasteiger partial charge in [0.1, 0.15) is 18.2 Å². The Kier molecular flexibility index (Phi) is 6.31. The molecule has 5 N–H and O–H groups in total. The number of benzene rings is 1. The lowest BCUT2D eigenvalue weighted by atomic mass is 10.1. The zero-order valence-electron chi connectivity index (χ0n) is 18.9. The lowest BCUT2D eigenvalue weighted by molar-refractivity contribution is -0.134. The monoisotopic (exact) mass is 467 g/mol. The molecule has 3 aromatic rings. The predicted molar refractivity (Wildman–Crippen MR) is 124 cm³/mol. The van der Waals surface area contributed by atoms with Gasteiger partial charge in [-0.3, -0.25) is 9.36 Å². The minimum absolute atomic E-state index is 0.304. The second-order valence-corrected chi connectivity index (χ2v) is 8.70. The van der Waals surface area contributed by atoms with E-state index >= 15 is 0 Å². The number of likely N-dealkylation sites (N-methyl/N-ethyl adjacent to an activating group) is 1. The lowest BCUT2D eigenvalue weighted by Crippen LogP contribution is -2.46. The highest BCUT2D eigenvalue weighted by Gasteiger charge is 2.46. The van der Waals surface area contributed by atoms with Crippen molar-refractivity contribution < 1.29 is 19.4 Å². The molecule has 0 radical (unpaired) electrons. The number of aliphatic hydroxyl groups excluding tert-OH is 1. The summed E-state index contributed by atoms with van der Waals surface area (Å²) in [7, 11) is 1.49. The Bertz CT molecular complexity index is 1160. The number of ether oxygens (including phenoxy) is 2. The van der Waals surface area contributed by atoms with Crippen LogP contribution in [0.5, 0.6) is 5.75 Å². The van der Waals surface area contributed by atoms with E-state index in [2.05, 4.69) is 25.6 Å². The van der Waals surface area contributed by atoms with Crippen LogP contribution in [-0.2, 0) is 16.1 Å². The van der Waals surface area contributed by atoms with Gasteiger partial charge in [-0.1, -0.05) is 12.1 Å². The molecule has 1 aliphatic heterocycles. The summed E-state index contributed by atoms with van der Waals surface area (Å²) in [5.41, 5.74) is 8.06. The largest absolute Gasteiger partial charge is 0.490 e. The van der Waals surface area contributed by atoms with Crippen LogP contribution in [0.25, 0.3) is 11.2 Å². The molecule has 11 nitrogen and oxygen atoms in total. The predicted octanol–water partition coefficient (Wildman–Crippen LogP) is 1.09. The van der Waals surface area contributed by atoms with Gasteiger partial charge in [-0.25, -0.2) is 15.0 Å². The lowest BCUT2D eigenvalue weighted by Gasteiger charge is -2.16. The van der Waals surface area contributed by atoms with Crippen LogP contribution >= 0.6 is 0 Å². The van der Waals surface area contributed by atoms with Gasteiger partial charge in [0, 0.05) is 13.6 Å². The smallest absolute Gasteiger partial charge is 0.250 e. The quantitative estimate of drug-likeness (QED) is 0.400. The Morgan fingerprint density at radius 2 is 2.12 bits per heavy atom. The SMILES string of the molecule is CNC(=O)[C@H]1O[C@@H](n2cnc3c(NCc4cccc(OC5CCCC5)c4)ncnc32)[C@H](O)[C@@H]1N. The zero-order chi connectivity index (χ0) is 23.7. The summed E-state index contributed by atoms with van der Waals surface area (Å²) in [4.78, 5) is 25.1. The fraction of sp³-hybridized carbons (Fsp3) is 0.478. The van der Waals surface area contributed by atoms with Crippen molar-refractivity contribution in [3.63, 3.8) is 0 Å². The van der Waals surface area contributed by atoms with Crippen molar-refractivity contribution in [2.24, 2.45) is 5.73 Å². The van der Waals surface area contributed by atoms with Crippen molar-refractivity contribution >= 4 is 22.9 Å². The normalized spacial score (nSPS) is 25.0. The molecule has 11 heteroatoms. The molecule has 3 heterocycles. The first-order valence-electron chi connectivity index (χ1n) is 11.5. The molecule has 1 saturated heterocycles. The van der Waals surface area contributed by atoms with E-state index in [9.17, 15) is 9.90 Å². The van der Waals surface area contributed by atoms with Gasteiger partial charge in [0.15, 0.2) is 29.3 Å². The maximum atomic E-state index is 12.0. The molecule has 0 bridgehead atoms. The summed E-state index contributed by atoms with van der Waals surface area (Å²) in [6, 6.07) is 7.15. The number of aromatic nitrogens is 4. The van der Waals surface area contributed by atoms with E-state index in [1.54, 1.807) is 4.57 Å². The van der Waals surface area contributed by atoms with Gasteiger partial charge in [0.05, 0.1) is 18.5 Å². The summed E-state index contributed by atoms with van der Waals surface area (Å²) in [6.45, 7) is 0.521. The second kappa shape index (κ2) is 9.53. The van der Waals surface area contributed by atoms with Crippen LogP contribution in [0, 0.1) is 0 Å². The summed E-state index contributed by atoms with van der Waals surface area (Å²) < 4.78 is 13.4. The number of nitrogens with one attached hydrogen (secondary N) is 2. The number of hydrogen-bond acceptors (Lipinski definition) is 9. The third-order valence-corrected chi connectivity index (χ3v) is 6.42. The molecule has 0 spiro atoms. The summed E-state index contributed by atoms with van der Waals surface area (Å²) in [5.74, 6) is 1.03. The van der Waals surface area contributed by atoms with Crippen molar-refractivity contribution in [2.75, 3.05) is 12.4 Å². The minimum atomic E-state index is -1.10. The topological polar surface area (TPSA) is 149 Å². The van der Waals surface area contributed by atoms with E-state index in [4.69, 9.17) is 15.2 Å². The van der Waals surface area contributed by atoms with E-state index in [1.165, 1.54) is 32.5 Å². The van der Waals surface area contributed by atoms with Crippen molar-refractivity contribution in [1.29, 1.82) is 0 Å². The molecule has 2 fully saturated rings. The number of carbonyl (C=O) groups excluding carboxylic acids is 1. The average Bonchev–Trinajstić information content (AvgIpc) is 3.58. The van der Waals surface area contributed by atoms with Gasteiger partial charge in [0.2, 0.25) is 0 Å². The first-order chi connectivity index (χ1) is 16.5. The first kappa shape index (κ1) is 22.5. The van der Waals surface area contributed by atoms with Gasteiger partial charge in [-0.2, -0.15) is 0 Å². The molecule has 4 atom stereocenters. The molecule has 2 aliphatic rings. The Balaban J connectivity index is 1.32. The third kappa shape index (κ3) is 4.29. The van der Waals surface area contributed by atoms with Crippen molar-refractivity contribution in [2.45, 2.75) is 62.8 Å². The van der Waals surface area contributed by atoms with E-state index in [0.29, 0.717) is 29.6 Å². The maximum Gasteiger partial charge on any atom is 0.250 e. The number of nitrogens with zero attached hydrogens (tertiary/aromatic N) is 4. The molecular formula is C23H29N7O4. The summed E-state index contributed by atoms with van der Waals surface area (Å²) in [6.07, 6.45) is 4.93. The van der Waals surface area contributed by atoms with Crippen LogP contribution in [0.1, 0.15) is 37.5 Å². The van der Waals surface area contributed by atoms with Crippen molar-refractivity contribution in [3.05, 3.63) is 42.5 Å². The first-order valence-corrected chi connectivity index (χ1v) is 11.5. The molecule has 0 unspecified atom stereocenters. The Hall–Kier alpha value is -3.28. The van der Waals surface area contributed by atoms with Gasteiger partial charge in [0.25, 0.3) is 5.91 Å². The van der Waals surface area contributed by atoms with Crippen LogP contribution in [0.4, 0.5) is 5.82 Å². The Labute approximate surface area is 196 Å². The van der Waals surface area contributed by atoms with Crippen molar-refractivity contribution in [3.8, 4) is 5.75 Å². The summed E-state index contributed by atoms with van der Waals surface area (Å²) in [5, 5.41) is 16.4. The van der Waals surface area contributed by atoms with Crippen LogP contribution in [0.2, 0.25) is 0 Å². The number of carbonyl (C=O) groups is 1. The molecular weight excluding hydrogens is 438 g/mol.